The Labute approximate surface area is 93.8 Å². The molecule has 0 amide bonds. The number of halogens is 1. The summed E-state index contributed by atoms with van der Waals surface area (Å²) in [6.07, 6.45) is -0.105. The van der Waals surface area contributed by atoms with Crippen LogP contribution in [0.2, 0.25) is 0 Å². The van der Waals surface area contributed by atoms with Crippen molar-refractivity contribution in [2.24, 2.45) is 0 Å². The second-order valence-electron chi connectivity index (χ2n) is 2.87. The monoisotopic (exact) mass is 204 g/mol. The molecule has 0 bridgehead atoms. The first-order valence-corrected chi connectivity index (χ1v) is 5.06. The van der Waals surface area contributed by atoms with Gasteiger partial charge in [0.25, 0.3) is 0 Å². The summed E-state index contributed by atoms with van der Waals surface area (Å²) in [6.45, 7) is 0. The third-order valence-electron chi connectivity index (χ3n) is 2.01. The van der Waals surface area contributed by atoms with Gasteiger partial charge in [-0.15, -0.1) is 0 Å². The van der Waals surface area contributed by atoms with E-state index >= 15 is 0 Å². The van der Waals surface area contributed by atoms with Gasteiger partial charge in [-0.2, -0.15) is 0 Å². The first kappa shape index (κ1) is 12.8. The molecule has 0 unspecified atom stereocenters. The molecule has 1 fully saturated rings. The van der Waals surface area contributed by atoms with Crippen LogP contribution in [0.25, 0.3) is 0 Å². The molecular weight excluding hydrogens is 194 g/mol. The summed E-state index contributed by atoms with van der Waals surface area (Å²) in [5, 5.41) is -0.838. The van der Waals surface area contributed by atoms with Crippen LogP contribution in [0.15, 0.2) is 0 Å². The van der Waals surface area contributed by atoms with Crippen molar-refractivity contribution in [3.63, 3.8) is 0 Å². The summed E-state index contributed by atoms with van der Waals surface area (Å²) in [5.41, 5.74) is 0. The zero-order valence-corrected chi connectivity index (χ0v) is 9.81. The average Bonchev–Trinajstić information content (AvgIpc) is 1.86. The molecule has 0 N–H and O–H groups in total. The zero-order valence-electron chi connectivity index (χ0n) is 6.99. The van der Waals surface area contributed by atoms with Gasteiger partial charge in [0.05, 0.1) is 10.1 Å². The topological polar surface area (TPSA) is 57.2 Å². The smallest absolute Gasteiger partial charge is 0.748 e. The molecule has 1 saturated carbocycles. The van der Waals surface area contributed by atoms with E-state index in [2.05, 4.69) is 0 Å². The van der Waals surface area contributed by atoms with Crippen LogP contribution in [-0.2, 0) is 10.1 Å². The van der Waals surface area contributed by atoms with Gasteiger partial charge in [0.2, 0.25) is 0 Å². The molecule has 0 aromatic heterocycles. The molecule has 0 saturated heterocycles. The quantitative estimate of drug-likeness (QED) is 0.360. The summed E-state index contributed by atoms with van der Waals surface area (Å²) < 4.78 is 43.7. The van der Waals surface area contributed by atoms with Crippen molar-refractivity contribution in [3.8, 4) is 0 Å². The van der Waals surface area contributed by atoms with Gasteiger partial charge in [0, 0.05) is 5.25 Å². The Morgan fingerprint density at radius 1 is 1.17 bits per heavy atom. The van der Waals surface area contributed by atoms with Crippen LogP contribution < -0.4 is 29.6 Å². The predicted octanol–water partition coefficient (Wildman–Crippen LogP) is -2.18. The maximum Gasteiger partial charge on any atom is 1.00 e. The van der Waals surface area contributed by atoms with Crippen LogP contribution in [0, 0.1) is 0 Å². The molecule has 0 aliphatic heterocycles. The van der Waals surface area contributed by atoms with E-state index in [0.29, 0.717) is 0 Å². The fourth-order valence-corrected chi connectivity index (χ4v) is 2.16. The van der Waals surface area contributed by atoms with Gasteiger partial charge in [-0.3, -0.25) is 0 Å². The number of alkyl halides is 1. The number of hydrogen-bond acceptors (Lipinski definition) is 3. The van der Waals surface area contributed by atoms with E-state index in [1.165, 1.54) is 0 Å². The van der Waals surface area contributed by atoms with E-state index in [1.807, 2.05) is 0 Å². The van der Waals surface area contributed by atoms with Crippen LogP contribution in [0.3, 0.4) is 0 Å². The second kappa shape index (κ2) is 4.91. The van der Waals surface area contributed by atoms with Gasteiger partial charge in [-0.1, -0.05) is 0 Å². The molecule has 12 heavy (non-hydrogen) atoms. The standard InChI is InChI=1S/C6H11FO3S.Na/c7-5-1-3-6(4-2-5)11(8,9)10;/h5-6H,1-4H2,(H,8,9,10);/q;+1/p-1. The van der Waals surface area contributed by atoms with Crippen molar-refractivity contribution in [3.05, 3.63) is 0 Å². The molecule has 1 rings (SSSR count). The van der Waals surface area contributed by atoms with E-state index < -0.39 is 21.5 Å². The summed E-state index contributed by atoms with van der Waals surface area (Å²) in [5.74, 6) is 0. The van der Waals surface area contributed by atoms with Gasteiger partial charge in [0.1, 0.15) is 6.17 Å². The van der Waals surface area contributed by atoms with Crippen LogP contribution in [0.1, 0.15) is 25.7 Å². The van der Waals surface area contributed by atoms with Crippen molar-refractivity contribution >= 4 is 10.1 Å². The van der Waals surface area contributed by atoms with E-state index in [1.54, 1.807) is 0 Å². The van der Waals surface area contributed by atoms with Gasteiger partial charge < -0.3 is 4.55 Å². The van der Waals surface area contributed by atoms with E-state index in [-0.39, 0.29) is 55.2 Å². The predicted molar refractivity (Wildman–Crippen MR) is 36.8 cm³/mol. The Bertz CT molecular complexity index is 221. The maximum absolute atomic E-state index is 12.4. The zero-order chi connectivity index (χ0) is 8.48. The fraction of sp³-hybridized carbons (Fsp3) is 1.00. The summed E-state index contributed by atoms with van der Waals surface area (Å²) >= 11 is 0. The summed E-state index contributed by atoms with van der Waals surface area (Å²) in [7, 11) is -4.17. The number of rotatable bonds is 1. The molecule has 66 valence electrons. The van der Waals surface area contributed by atoms with Crippen LogP contribution in [0.5, 0.6) is 0 Å². The summed E-state index contributed by atoms with van der Waals surface area (Å²) in [6, 6.07) is 0. The molecule has 3 nitrogen and oxygen atoms in total. The Morgan fingerprint density at radius 2 is 1.58 bits per heavy atom. The van der Waals surface area contributed by atoms with Crippen molar-refractivity contribution < 1.29 is 46.9 Å². The van der Waals surface area contributed by atoms with Crippen molar-refractivity contribution in [1.29, 1.82) is 0 Å². The minimum Gasteiger partial charge on any atom is -0.748 e. The van der Waals surface area contributed by atoms with Crippen molar-refractivity contribution in [2.75, 3.05) is 0 Å². The molecular formula is C6H10FNaO3S. The minimum absolute atomic E-state index is 0. The normalized spacial score (nSPS) is 30.8. The third-order valence-corrected chi connectivity index (χ3v) is 3.30. The largest absolute Gasteiger partial charge is 1.00 e. The molecule has 0 radical (unpaired) electrons. The fourth-order valence-electron chi connectivity index (χ4n) is 1.31. The first-order chi connectivity index (χ1) is 5.00. The summed E-state index contributed by atoms with van der Waals surface area (Å²) in [4.78, 5) is 0. The molecule has 0 heterocycles. The second-order valence-corrected chi connectivity index (χ2v) is 4.52. The SMILES string of the molecule is O=S(=O)([O-])C1CCC(F)CC1.[Na+]. The van der Waals surface area contributed by atoms with Gasteiger partial charge >= 0.3 is 29.6 Å². The Kier molecular flexibility index (Phi) is 5.25. The van der Waals surface area contributed by atoms with Crippen molar-refractivity contribution in [2.45, 2.75) is 37.1 Å². The molecule has 1 aliphatic rings. The molecule has 0 aromatic carbocycles. The minimum atomic E-state index is -4.17. The Hall–Kier alpha value is 0.840. The van der Waals surface area contributed by atoms with Crippen LogP contribution in [-0.4, -0.2) is 24.4 Å². The first-order valence-electron chi connectivity index (χ1n) is 3.59. The molecule has 0 spiro atoms. The molecule has 0 aromatic rings. The molecule has 0 atom stereocenters. The maximum atomic E-state index is 12.4. The van der Waals surface area contributed by atoms with Crippen molar-refractivity contribution in [1.82, 2.24) is 0 Å². The van der Waals surface area contributed by atoms with E-state index in [9.17, 15) is 17.4 Å². The van der Waals surface area contributed by atoms with Gasteiger partial charge in [-0.05, 0) is 25.7 Å². The third kappa shape index (κ3) is 3.70. The van der Waals surface area contributed by atoms with Gasteiger partial charge in [-0.25, -0.2) is 12.8 Å². The number of hydrogen-bond donors (Lipinski definition) is 0. The molecule has 6 heteroatoms. The van der Waals surface area contributed by atoms with E-state index in [0.717, 1.165) is 0 Å². The van der Waals surface area contributed by atoms with Crippen LogP contribution >= 0.6 is 0 Å². The molecule has 1 aliphatic carbocycles. The Balaban J connectivity index is 0.00000121. The van der Waals surface area contributed by atoms with Gasteiger partial charge in [0.15, 0.2) is 0 Å². The van der Waals surface area contributed by atoms with Crippen LogP contribution in [0.4, 0.5) is 4.39 Å². The van der Waals surface area contributed by atoms with E-state index in [4.69, 9.17) is 0 Å². The average molecular weight is 204 g/mol. The Morgan fingerprint density at radius 3 is 1.92 bits per heavy atom.